The Hall–Kier alpha value is -1.12. The Morgan fingerprint density at radius 1 is 1.43 bits per heavy atom. The molecule has 35 valence electrons. The van der Waals surface area contributed by atoms with Gasteiger partial charge in [-0.05, 0) is 0 Å². The molecule has 0 unspecified atom stereocenters. The van der Waals surface area contributed by atoms with E-state index in [2.05, 4.69) is 0 Å². The quantitative estimate of drug-likeness (QED) is 0.397. The lowest BCUT2D eigenvalue weighted by Crippen LogP contribution is -2.28. The van der Waals surface area contributed by atoms with Gasteiger partial charge in [-0.25, -0.2) is 0 Å². The standard InChI is InChI=1S/C4H2NO2/c5-2-1-3(6)4(2)7/h1,5H. The first kappa shape index (κ1) is 4.05. The summed E-state index contributed by atoms with van der Waals surface area (Å²) < 4.78 is 0. The summed E-state index contributed by atoms with van der Waals surface area (Å²) in [4.78, 5) is 19.9. The molecule has 0 aliphatic rings. The molecule has 7 heavy (non-hydrogen) atoms. The van der Waals surface area contributed by atoms with Crippen molar-refractivity contribution in [3.8, 4) is 0 Å². The lowest BCUT2D eigenvalue weighted by atomic mass is 10.3. The Morgan fingerprint density at radius 3 is 2.00 bits per heavy atom. The molecule has 1 aromatic carbocycles. The molecule has 3 heteroatoms. The highest BCUT2D eigenvalue weighted by Gasteiger charge is 2.02. The molecule has 1 aromatic rings. The lowest BCUT2D eigenvalue weighted by Gasteiger charge is -1.83. The molecule has 0 heterocycles. The maximum atomic E-state index is 9.96. The van der Waals surface area contributed by atoms with Gasteiger partial charge in [0.1, 0.15) is 5.69 Å². The fraction of sp³-hybridized carbons (Fsp3) is 0. The van der Waals surface area contributed by atoms with Crippen LogP contribution in [0.15, 0.2) is 15.7 Å². The first-order chi connectivity index (χ1) is 3.22. The minimum atomic E-state index is -0.667. The fourth-order valence-electron chi connectivity index (χ4n) is 0.317. The van der Waals surface area contributed by atoms with Crippen molar-refractivity contribution in [1.82, 2.24) is 5.73 Å². The van der Waals surface area contributed by atoms with Gasteiger partial charge in [-0.2, -0.15) is 0 Å². The maximum Gasteiger partial charge on any atom is 0.250 e. The van der Waals surface area contributed by atoms with Crippen molar-refractivity contribution in [3.63, 3.8) is 0 Å². The van der Waals surface area contributed by atoms with Gasteiger partial charge in [-0.1, -0.05) is 0 Å². The zero-order valence-corrected chi connectivity index (χ0v) is 3.39. The minimum Gasteiger partial charge on any atom is -0.297 e. The molecule has 0 saturated carbocycles. The van der Waals surface area contributed by atoms with E-state index in [1.807, 2.05) is 0 Å². The van der Waals surface area contributed by atoms with Crippen LogP contribution in [0.3, 0.4) is 0 Å². The highest BCUT2D eigenvalue weighted by molar-refractivity contribution is 5.37. The monoisotopic (exact) mass is 96.0 g/mol. The molecule has 0 spiro atoms. The molecule has 0 aliphatic heterocycles. The average molecular weight is 96.1 g/mol. The van der Waals surface area contributed by atoms with E-state index in [0.29, 0.717) is 0 Å². The van der Waals surface area contributed by atoms with Crippen LogP contribution in [-0.2, 0) is 0 Å². The topological polar surface area (TPSA) is 57.9 Å². The van der Waals surface area contributed by atoms with Crippen molar-refractivity contribution in [2.45, 2.75) is 0 Å². The van der Waals surface area contributed by atoms with Gasteiger partial charge in [0.2, 0.25) is 5.43 Å². The van der Waals surface area contributed by atoms with Crippen molar-refractivity contribution >= 4 is 5.69 Å². The summed E-state index contributed by atoms with van der Waals surface area (Å²) in [6.45, 7) is 0. The fourth-order valence-corrected chi connectivity index (χ4v) is 0.317. The smallest absolute Gasteiger partial charge is 0.250 e. The van der Waals surface area contributed by atoms with Gasteiger partial charge in [0.05, 0.1) is 0 Å². The molecule has 0 aliphatic carbocycles. The van der Waals surface area contributed by atoms with Crippen LogP contribution in [-0.4, -0.2) is 0 Å². The molecular formula is C4H2NO2. The summed E-state index contributed by atoms with van der Waals surface area (Å²) in [5.41, 5.74) is 5.15. The van der Waals surface area contributed by atoms with Crippen molar-refractivity contribution in [2.75, 3.05) is 0 Å². The number of hydrogen-bond acceptors (Lipinski definition) is 2. The van der Waals surface area contributed by atoms with Crippen LogP contribution < -0.4 is 16.6 Å². The zero-order valence-electron chi connectivity index (χ0n) is 3.39. The normalized spacial score (nSPS) is 9.71. The Bertz CT molecular complexity index is 243. The Kier molecular flexibility index (Phi) is 0.539. The predicted octanol–water partition coefficient (Wildman–Crippen LogP) is -0.803. The number of rotatable bonds is 0. The van der Waals surface area contributed by atoms with Crippen LogP contribution in [0.5, 0.6) is 0 Å². The number of hydrogen-bond donors (Lipinski definition) is 0. The molecule has 1 rings (SSSR count). The Labute approximate surface area is 39.1 Å². The zero-order chi connectivity index (χ0) is 5.44. The van der Waals surface area contributed by atoms with E-state index >= 15 is 0 Å². The molecular weight excluding hydrogens is 94.0 g/mol. The van der Waals surface area contributed by atoms with Gasteiger partial charge < -0.3 is 0 Å². The summed E-state index contributed by atoms with van der Waals surface area (Å²) in [7, 11) is 0. The molecule has 0 fully saturated rings. The molecule has 1 N–H and O–H groups in total. The summed E-state index contributed by atoms with van der Waals surface area (Å²) >= 11 is 0. The summed E-state index contributed by atoms with van der Waals surface area (Å²) in [5.74, 6) is 0. The first-order valence-corrected chi connectivity index (χ1v) is 1.74. The summed E-state index contributed by atoms with van der Waals surface area (Å²) in [6.07, 6.45) is 0. The largest absolute Gasteiger partial charge is 0.297 e. The lowest BCUT2D eigenvalue weighted by molar-refractivity contribution is 1.32. The predicted molar refractivity (Wildman–Crippen MR) is 24.1 cm³/mol. The molecule has 0 aromatic heterocycles. The number of nitrogens with one attached hydrogen (secondary N) is 1. The second-order valence-electron chi connectivity index (χ2n) is 1.25. The molecule has 3 nitrogen and oxygen atoms in total. The third kappa shape index (κ3) is 0.342. The Balaban J connectivity index is 3.44. The average Bonchev–Trinajstić information content (AvgIpc) is 1.68. The van der Waals surface area contributed by atoms with E-state index in [0.717, 1.165) is 6.07 Å². The van der Waals surface area contributed by atoms with E-state index in [-0.39, 0.29) is 5.69 Å². The first-order valence-electron chi connectivity index (χ1n) is 1.74. The van der Waals surface area contributed by atoms with E-state index in [1.165, 1.54) is 0 Å². The highest BCUT2D eigenvalue weighted by Crippen LogP contribution is 1.85. The van der Waals surface area contributed by atoms with Gasteiger partial charge in [-0.3, -0.25) is 15.3 Å². The Morgan fingerprint density at radius 2 is 2.00 bits per heavy atom. The van der Waals surface area contributed by atoms with Crippen LogP contribution in [0.4, 0.5) is 5.69 Å². The van der Waals surface area contributed by atoms with Crippen molar-refractivity contribution in [1.29, 1.82) is 0 Å². The SMILES string of the molecule is [NH]c1cc(=O)c1=O. The second kappa shape index (κ2) is 0.932. The van der Waals surface area contributed by atoms with Crippen LogP contribution in [0, 0.1) is 0 Å². The van der Waals surface area contributed by atoms with Crippen LogP contribution in [0.1, 0.15) is 0 Å². The van der Waals surface area contributed by atoms with Crippen molar-refractivity contribution in [2.24, 2.45) is 0 Å². The van der Waals surface area contributed by atoms with E-state index < -0.39 is 10.9 Å². The van der Waals surface area contributed by atoms with Crippen LogP contribution in [0.2, 0.25) is 0 Å². The van der Waals surface area contributed by atoms with E-state index in [9.17, 15) is 9.59 Å². The second-order valence-corrected chi connectivity index (χ2v) is 1.25. The molecule has 1 radical (unpaired) electrons. The van der Waals surface area contributed by atoms with Gasteiger partial charge in [0.25, 0.3) is 5.43 Å². The molecule has 0 amide bonds. The summed E-state index contributed by atoms with van der Waals surface area (Å²) in [6, 6.07) is 1.00. The third-order valence-electron chi connectivity index (χ3n) is 0.744. The van der Waals surface area contributed by atoms with Gasteiger partial charge >= 0.3 is 0 Å². The van der Waals surface area contributed by atoms with E-state index in [4.69, 9.17) is 5.73 Å². The van der Waals surface area contributed by atoms with Gasteiger partial charge in [0.15, 0.2) is 0 Å². The molecule has 0 saturated heterocycles. The molecule has 0 atom stereocenters. The van der Waals surface area contributed by atoms with Crippen molar-refractivity contribution in [3.05, 3.63) is 26.5 Å². The third-order valence-corrected chi connectivity index (χ3v) is 0.744. The van der Waals surface area contributed by atoms with Crippen LogP contribution >= 0.6 is 0 Å². The molecule has 0 bridgehead atoms. The van der Waals surface area contributed by atoms with E-state index in [1.54, 1.807) is 0 Å². The highest BCUT2D eigenvalue weighted by atomic mass is 16.2. The van der Waals surface area contributed by atoms with Gasteiger partial charge in [-0.15, -0.1) is 0 Å². The van der Waals surface area contributed by atoms with Crippen LogP contribution in [0.25, 0.3) is 0 Å². The minimum absolute atomic E-state index is 0.176. The maximum absolute atomic E-state index is 9.96. The van der Waals surface area contributed by atoms with Gasteiger partial charge in [0, 0.05) is 6.07 Å². The van der Waals surface area contributed by atoms with Crippen molar-refractivity contribution < 1.29 is 0 Å². The summed E-state index contributed by atoms with van der Waals surface area (Å²) in [5, 5.41) is 0.